The Bertz CT molecular complexity index is 616. The number of piperidine rings is 1. The molecule has 6 nitrogen and oxygen atoms in total. The third kappa shape index (κ3) is 2.96. The molecule has 1 aromatic carbocycles. The molecular weight excluding hydrogens is 322 g/mol. The number of benzene rings is 1. The van der Waals surface area contributed by atoms with E-state index in [0.717, 1.165) is 61.7 Å². The van der Waals surface area contributed by atoms with Crippen molar-refractivity contribution in [2.45, 2.75) is 44.4 Å². The summed E-state index contributed by atoms with van der Waals surface area (Å²) < 4.78 is 17.1. The van der Waals surface area contributed by atoms with Gasteiger partial charge in [0.05, 0.1) is 32.5 Å². The van der Waals surface area contributed by atoms with Crippen molar-refractivity contribution in [3.05, 3.63) is 17.7 Å². The molecule has 4 rings (SSSR count). The molecule has 3 aliphatic rings. The van der Waals surface area contributed by atoms with Gasteiger partial charge in [0.15, 0.2) is 11.5 Å². The maximum Gasteiger partial charge on any atom is 0.164 e. The van der Waals surface area contributed by atoms with Crippen molar-refractivity contribution < 1.29 is 24.4 Å². The molecule has 1 saturated heterocycles. The molecule has 2 fully saturated rings. The topological polar surface area (TPSA) is 71.4 Å². The molecule has 138 valence electrons. The maximum absolute atomic E-state index is 10.1. The van der Waals surface area contributed by atoms with Crippen molar-refractivity contribution >= 4 is 0 Å². The standard InChI is InChI=1S/C19H27NO5/c1-23-14-10-16-15(24-7-2-8-25-16)9-13(14)12-20-5-3-19(4-6-20)17(21)11-18(19)22/h9-10,17-18,21-22H,2-8,11-12H2,1H3/t17-,18+. The molecule has 25 heavy (non-hydrogen) atoms. The van der Waals surface area contributed by atoms with Crippen LogP contribution in [0.1, 0.15) is 31.2 Å². The van der Waals surface area contributed by atoms with Gasteiger partial charge in [0.2, 0.25) is 0 Å². The average Bonchev–Trinajstić information content (AvgIpc) is 2.86. The number of nitrogens with zero attached hydrogens (tertiary/aromatic N) is 1. The van der Waals surface area contributed by atoms with Gasteiger partial charge in [-0.3, -0.25) is 4.90 Å². The van der Waals surface area contributed by atoms with Crippen LogP contribution in [0.15, 0.2) is 12.1 Å². The Balaban J connectivity index is 1.47. The molecule has 1 saturated carbocycles. The van der Waals surface area contributed by atoms with Crippen LogP contribution < -0.4 is 14.2 Å². The summed E-state index contributed by atoms with van der Waals surface area (Å²) in [4.78, 5) is 2.35. The largest absolute Gasteiger partial charge is 0.496 e. The highest BCUT2D eigenvalue weighted by atomic mass is 16.5. The molecule has 2 heterocycles. The highest BCUT2D eigenvalue weighted by Crippen LogP contribution is 2.49. The Kier molecular flexibility index (Phi) is 4.52. The zero-order valence-electron chi connectivity index (χ0n) is 14.7. The fraction of sp³-hybridized carbons (Fsp3) is 0.684. The van der Waals surface area contributed by atoms with Gasteiger partial charge in [0, 0.05) is 36.4 Å². The lowest BCUT2D eigenvalue weighted by molar-refractivity contribution is -0.190. The van der Waals surface area contributed by atoms with Gasteiger partial charge >= 0.3 is 0 Å². The van der Waals surface area contributed by atoms with Gasteiger partial charge < -0.3 is 24.4 Å². The summed E-state index contributed by atoms with van der Waals surface area (Å²) in [5.74, 6) is 2.34. The predicted octanol–water partition coefficient (Wildman–Crippen LogP) is 1.56. The fourth-order valence-corrected chi connectivity index (χ4v) is 4.32. The Hall–Kier alpha value is -1.50. The van der Waals surface area contributed by atoms with E-state index in [-0.39, 0.29) is 17.6 Å². The molecule has 0 amide bonds. The smallest absolute Gasteiger partial charge is 0.164 e. The first-order valence-corrected chi connectivity index (χ1v) is 9.17. The van der Waals surface area contributed by atoms with E-state index in [1.54, 1.807) is 7.11 Å². The third-order valence-corrected chi connectivity index (χ3v) is 6.11. The first-order valence-electron chi connectivity index (χ1n) is 9.17. The van der Waals surface area contributed by atoms with E-state index in [2.05, 4.69) is 4.90 Å². The van der Waals surface area contributed by atoms with E-state index < -0.39 is 0 Å². The van der Waals surface area contributed by atoms with Gasteiger partial charge in [0.25, 0.3) is 0 Å². The van der Waals surface area contributed by atoms with Crippen LogP contribution in [-0.4, -0.2) is 60.7 Å². The SMILES string of the molecule is COc1cc2c(cc1CN1CCC3(CC1)[C@H](O)C[C@@H]3O)OCCCO2. The molecule has 1 aliphatic carbocycles. The first-order chi connectivity index (χ1) is 12.1. The third-order valence-electron chi connectivity index (χ3n) is 6.11. The van der Waals surface area contributed by atoms with E-state index in [1.807, 2.05) is 12.1 Å². The molecule has 2 aliphatic heterocycles. The van der Waals surface area contributed by atoms with Gasteiger partial charge in [-0.15, -0.1) is 0 Å². The van der Waals surface area contributed by atoms with Crippen molar-refractivity contribution in [3.63, 3.8) is 0 Å². The first kappa shape index (κ1) is 16.9. The number of likely N-dealkylation sites (tertiary alicyclic amines) is 1. The van der Waals surface area contributed by atoms with Crippen LogP contribution in [0.3, 0.4) is 0 Å². The quantitative estimate of drug-likeness (QED) is 0.863. The summed E-state index contributed by atoms with van der Waals surface area (Å²) in [7, 11) is 1.68. The van der Waals surface area contributed by atoms with Crippen LogP contribution in [0.5, 0.6) is 17.2 Å². The van der Waals surface area contributed by atoms with Crippen molar-refractivity contribution in [3.8, 4) is 17.2 Å². The highest BCUT2D eigenvalue weighted by Gasteiger charge is 2.54. The lowest BCUT2D eigenvalue weighted by atomic mass is 9.58. The van der Waals surface area contributed by atoms with Gasteiger partial charge in [-0.1, -0.05) is 0 Å². The molecular formula is C19H27NO5. The molecule has 6 heteroatoms. The molecule has 2 N–H and O–H groups in total. The minimum Gasteiger partial charge on any atom is -0.496 e. The lowest BCUT2D eigenvalue weighted by Crippen LogP contribution is -2.61. The Morgan fingerprint density at radius 1 is 1.12 bits per heavy atom. The molecule has 0 aromatic heterocycles. The van der Waals surface area contributed by atoms with Gasteiger partial charge in [-0.05, 0) is 32.0 Å². The van der Waals surface area contributed by atoms with Crippen LogP contribution in [0, 0.1) is 5.41 Å². The Morgan fingerprint density at radius 3 is 2.36 bits per heavy atom. The Labute approximate surface area is 148 Å². The van der Waals surface area contributed by atoms with Crippen LogP contribution >= 0.6 is 0 Å². The van der Waals surface area contributed by atoms with Crippen LogP contribution in [0.2, 0.25) is 0 Å². The van der Waals surface area contributed by atoms with Crippen molar-refractivity contribution in [1.29, 1.82) is 0 Å². The zero-order valence-corrected chi connectivity index (χ0v) is 14.7. The molecule has 1 spiro atoms. The van der Waals surface area contributed by atoms with Crippen LogP contribution in [0.4, 0.5) is 0 Å². The normalized spacial score (nSPS) is 28.3. The average molecular weight is 349 g/mol. The monoisotopic (exact) mass is 349 g/mol. The summed E-state index contributed by atoms with van der Waals surface area (Å²) in [6, 6.07) is 3.94. The van der Waals surface area contributed by atoms with Crippen molar-refractivity contribution in [2.75, 3.05) is 33.4 Å². The maximum atomic E-state index is 10.1. The van der Waals surface area contributed by atoms with Crippen molar-refractivity contribution in [2.24, 2.45) is 5.41 Å². The molecule has 0 bridgehead atoms. The second-order valence-electron chi connectivity index (χ2n) is 7.44. The Morgan fingerprint density at radius 2 is 1.76 bits per heavy atom. The number of aliphatic hydroxyl groups is 2. The molecule has 2 atom stereocenters. The number of hydrogen-bond donors (Lipinski definition) is 2. The minimum absolute atomic E-state index is 0.273. The second-order valence-corrected chi connectivity index (χ2v) is 7.44. The number of hydrogen-bond acceptors (Lipinski definition) is 6. The lowest BCUT2D eigenvalue weighted by Gasteiger charge is -2.55. The van der Waals surface area contributed by atoms with E-state index >= 15 is 0 Å². The molecule has 0 radical (unpaired) electrons. The number of fused-ring (bicyclic) bond motifs is 1. The highest BCUT2D eigenvalue weighted by molar-refractivity contribution is 5.51. The van der Waals surface area contributed by atoms with E-state index in [1.165, 1.54) is 0 Å². The van der Waals surface area contributed by atoms with Gasteiger partial charge in [0.1, 0.15) is 5.75 Å². The summed E-state index contributed by atoms with van der Waals surface area (Å²) in [6.45, 7) is 3.83. The second kappa shape index (κ2) is 6.67. The molecule has 1 aromatic rings. The van der Waals surface area contributed by atoms with E-state index in [0.29, 0.717) is 19.6 Å². The molecule has 0 unspecified atom stereocenters. The minimum atomic E-state index is -0.350. The van der Waals surface area contributed by atoms with Gasteiger partial charge in [-0.2, -0.15) is 0 Å². The van der Waals surface area contributed by atoms with Crippen LogP contribution in [-0.2, 0) is 6.54 Å². The summed E-state index contributed by atoms with van der Waals surface area (Å²) >= 11 is 0. The predicted molar refractivity (Wildman–Crippen MR) is 92.2 cm³/mol. The number of aliphatic hydroxyl groups excluding tert-OH is 2. The summed E-state index contributed by atoms with van der Waals surface area (Å²) in [5, 5.41) is 20.2. The number of rotatable bonds is 3. The van der Waals surface area contributed by atoms with Crippen molar-refractivity contribution in [1.82, 2.24) is 4.90 Å². The van der Waals surface area contributed by atoms with Gasteiger partial charge in [-0.25, -0.2) is 0 Å². The fourth-order valence-electron chi connectivity index (χ4n) is 4.32. The van der Waals surface area contributed by atoms with Crippen LogP contribution in [0.25, 0.3) is 0 Å². The summed E-state index contributed by atoms with van der Waals surface area (Å²) in [6.07, 6.45) is 2.38. The zero-order chi connectivity index (χ0) is 17.4. The van der Waals surface area contributed by atoms with E-state index in [4.69, 9.17) is 14.2 Å². The van der Waals surface area contributed by atoms with E-state index in [9.17, 15) is 10.2 Å². The number of ether oxygens (including phenoxy) is 3. The summed E-state index contributed by atoms with van der Waals surface area (Å²) in [5.41, 5.74) is 0.808. The number of methoxy groups -OCH3 is 1.